The minimum Gasteiger partial charge on any atom is -0.399 e. The van der Waals surface area contributed by atoms with Crippen LogP contribution in [-0.2, 0) is 22.6 Å². The molecule has 7 heteroatoms. The van der Waals surface area contributed by atoms with Gasteiger partial charge >= 0.3 is 6.18 Å². The van der Waals surface area contributed by atoms with Gasteiger partial charge in [0.25, 0.3) is 0 Å². The number of hydrogen-bond acceptors (Lipinski definition) is 3. The molecule has 2 rings (SSSR count). The Labute approximate surface area is 107 Å². The van der Waals surface area contributed by atoms with E-state index in [0.717, 1.165) is 11.1 Å². The number of ether oxygens (including phenoxy) is 1. The van der Waals surface area contributed by atoms with Crippen LogP contribution in [0.4, 0.5) is 18.9 Å². The van der Waals surface area contributed by atoms with Crippen molar-refractivity contribution in [3.05, 3.63) is 29.3 Å². The lowest BCUT2D eigenvalue weighted by Crippen LogP contribution is -2.31. The topological polar surface area (TPSA) is 55.6 Å². The van der Waals surface area contributed by atoms with E-state index >= 15 is 0 Å². The van der Waals surface area contributed by atoms with Crippen LogP contribution in [-0.4, -0.2) is 30.2 Å². The molecule has 1 heterocycles. The van der Waals surface area contributed by atoms with Crippen molar-refractivity contribution < 1.29 is 22.7 Å². The molecular formula is C12H13F3N2O2. The van der Waals surface area contributed by atoms with Crippen molar-refractivity contribution in [2.45, 2.75) is 19.3 Å². The number of rotatable bonds is 3. The summed E-state index contributed by atoms with van der Waals surface area (Å²) in [4.78, 5) is 13.1. The lowest BCUT2D eigenvalue weighted by Gasteiger charge is -2.15. The van der Waals surface area contributed by atoms with Gasteiger partial charge < -0.3 is 15.4 Å². The van der Waals surface area contributed by atoms with E-state index in [1.54, 1.807) is 12.1 Å². The molecule has 1 aromatic rings. The highest BCUT2D eigenvalue weighted by Gasteiger charge is 2.29. The van der Waals surface area contributed by atoms with Crippen molar-refractivity contribution in [1.29, 1.82) is 0 Å². The number of hydrogen-bond donors (Lipinski definition) is 1. The van der Waals surface area contributed by atoms with Crippen LogP contribution in [0.15, 0.2) is 18.2 Å². The molecular weight excluding hydrogens is 261 g/mol. The summed E-state index contributed by atoms with van der Waals surface area (Å²) in [5, 5.41) is 0. The first-order chi connectivity index (χ1) is 8.85. The summed E-state index contributed by atoms with van der Waals surface area (Å²) in [5.74, 6) is -0.459. The number of fused-ring (bicyclic) bond motifs is 1. The van der Waals surface area contributed by atoms with Crippen molar-refractivity contribution in [2.24, 2.45) is 0 Å². The average Bonchev–Trinajstić information content (AvgIpc) is 2.70. The molecule has 2 N–H and O–H groups in total. The van der Waals surface area contributed by atoms with Gasteiger partial charge in [-0.1, -0.05) is 6.07 Å². The molecule has 0 fully saturated rings. The standard InChI is InChI=1S/C12H13F3N2O2/c13-12(14,15)7-19-6-11(18)17-4-8-1-2-10(16)3-9(8)5-17/h1-3H,4-7,16H2. The van der Waals surface area contributed by atoms with Crippen molar-refractivity contribution >= 4 is 11.6 Å². The third-order valence-corrected chi connectivity index (χ3v) is 2.80. The summed E-state index contributed by atoms with van der Waals surface area (Å²) in [6, 6.07) is 5.31. The highest BCUT2D eigenvalue weighted by Crippen LogP contribution is 2.24. The van der Waals surface area contributed by atoms with Crippen molar-refractivity contribution in [2.75, 3.05) is 18.9 Å². The fraction of sp³-hybridized carbons (Fsp3) is 0.417. The normalized spacial score (nSPS) is 14.6. The fourth-order valence-electron chi connectivity index (χ4n) is 1.94. The van der Waals surface area contributed by atoms with E-state index in [9.17, 15) is 18.0 Å². The highest BCUT2D eigenvalue weighted by molar-refractivity contribution is 5.78. The molecule has 0 bridgehead atoms. The van der Waals surface area contributed by atoms with Crippen LogP contribution in [0.3, 0.4) is 0 Å². The van der Waals surface area contributed by atoms with E-state index in [0.29, 0.717) is 18.8 Å². The van der Waals surface area contributed by atoms with Crippen LogP contribution >= 0.6 is 0 Å². The average molecular weight is 274 g/mol. The Bertz CT molecular complexity index is 488. The Hall–Kier alpha value is -1.76. The Morgan fingerprint density at radius 2 is 2.00 bits per heavy atom. The summed E-state index contributed by atoms with van der Waals surface area (Å²) in [7, 11) is 0. The van der Waals surface area contributed by atoms with Crippen LogP contribution in [0.2, 0.25) is 0 Å². The van der Waals surface area contributed by atoms with Crippen molar-refractivity contribution in [3.63, 3.8) is 0 Å². The maximum atomic E-state index is 11.9. The van der Waals surface area contributed by atoms with Gasteiger partial charge in [-0.25, -0.2) is 0 Å². The number of halogens is 3. The molecule has 0 saturated carbocycles. The third-order valence-electron chi connectivity index (χ3n) is 2.80. The number of anilines is 1. The monoisotopic (exact) mass is 274 g/mol. The van der Waals surface area contributed by atoms with Gasteiger partial charge in [-0.15, -0.1) is 0 Å². The van der Waals surface area contributed by atoms with Gasteiger partial charge in [0.2, 0.25) is 5.91 Å². The van der Waals surface area contributed by atoms with Crippen LogP contribution in [0.25, 0.3) is 0 Å². The third kappa shape index (κ3) is 3.60. The summed E-state index contributed by atoms with van der Waals surface area (Å²) < 4.78 is 40.0. The molecule has 1 aliphatic heterocycles. The molecule has 4 nitrogen and oxygen atoms in total. The van der Waals surface area contributed by atoms with Crippen LogP contribution < -0.4 is 5.73 Å². The van der Waals surface area contributed by atoms with E-state index in [1.807, 2.05) is 6.07 Å². The maximum Gasteiger partial charge on any atom is 0.411 e. The lowest BCUT2D eigenvalue weighted by molar-refractivity contribution is -0.178. The molecule has 0 aliphatic carbocycles. The number of nitrogens with two attached hydrogens (primary N) is 1. The minimum absolute atomic E-state index is 0.356. The predicted octanol–water partition coefficient (Wildman–Crippen LogP) is 1.69. The first-order valence-corrected chi connectivity index (χ1v) is 5.65. The van der Waals surface area contributed by atoms with E-state index in [-0.39, 0.29) is 0 Å². The van der Waals surface area contributed by atoms with Gasteiger partial charge in [0.1, 0.15) is 13.2 Å². The predicted molar refractivity (Wildman–Crippen MR) is 62.0 cm³/mol. The molecule has 0 aromatic heterocycles. The van der Waals surface area contributed by atoms with Gasteiger partial charge in [0.05, 0.1) is 0 Å². The highest BCUT2D eigenvalue weighted by atomic mass is 19.4. The Morgan fingerprint density at radius 1 is 1.32 bits per heavy atom. The summed E-state index contributed by atoms with van der Waals surface area (Å²) >= 11 is 0. The number of alkyl halides is 3. The molecule has 104 valence electrons. The summed E-state index contributed by atoms with van der Waals surface area (Å²) in [6.07, 6.45) is -4.41. The second-order valence-corrected chi connectivity index (χ2v) is 4.39. The first kappa shape index (κ1) is 13.7. The van der Waals surface area contributed by atoms with Gasteiger partial charge in [0, 0.05) is 18.8 Å². The molecule has 19 heavy (non-hydrogen) atoms. The molecule has 0 radical (unpaired) electrons. The van der Waals surface area contributed by atoms with E-state index in [1.165, 1.54) is 4.90 Å². The number of amides is 1. The zero-order valence-corrected chi connectivity index (χ0v) is 10.0. The van der Waals surface area contributed by atoms with Gasteiger partial charge in [-0.3, -0.25) is 4.79 Å². The molecule has 0 saturated heterocycles. The second kappa shape index (κ2) is 5.08. The lowest BCUT2D eigenvalue weighted by atomic mass is 10.1. The number of carbonyl (C=O) groups is 1. The van der Waals surface area contributed by atoms with E-state index in [2.05, 4.69) is 4.74 Å². The van der Waals surface area contributed by atoms with Gasteiger partial charge in [-0.05, 0) is 23.3 Å². The minimum atomic E-state index is -4.41. The first-order valence-electron chi connectivity index (χ1n) is 5.65. The van der Waals surface area contributed by atoms with Gasteiger partial charge in [-0.2, -0.15) is 13.2 Å². The number of nitrogen functional groups attached to an aromatic ring is 1. The zero-order valence-electron chi connectivity index (χ0n) is 10.0. The molecule has 0 atom stereocenters. The quantitative estimate of drug-likeness (QED) is 0.853. The van der Waals surface area contributed by atoms with Crippen molar-refractivity contribution in [3.8, 4) is 0 Å². The molecule has 0 spiro atoms. The van der Waals surface area contributed by atoms with Crippen LogP contribution in [0.5, 0.6) is 0 Å². The Morgan fingerprint density at radius 3 is 2.68 bits per heavy atom. The van der Waals surface area contributed by atoms with Crippen LogP contribution in [0, 0.1) is 0 Å². The number of carbonyl (C=O) groups excluding carboxylic acids is 1. The largest absolute Gasteiger partial charge is 0.411 e. The van der Waals surface area contributed by atoms with E-state index in [4.69, 9.17) is 5.73 Å². The second-order valence-electron chi connectivity index (χ2n) is 4.39. The Kier molecular flexibility index (Phi) is 3.66. The zero-order chi connectivity index (χ0) is 14.0. The van der Waals surface area contributed by atoms with Gasteiger partial charge in [0.15, 0.2) is 0 Å². The molecule has 1 amide bonds. The SMILES string of the molecule is Nc1ccc2c(c1)CN(C(=O)COCC(F)(F)F)C2. The number of benzene rings is 1. The Balaban J connectivity index is 1.87. The van der Waals surface area contributed by atoms with Crippen LogP contribution in [0.1, 0.15) is 11.1 Å². The molecule has 1 aliphatic rings. The van der Waals surface area contributed by atoms with E-state index < -0.39 is 25.3 Å². The summed E-state index contributed by atoms with van der Waals surface area (Å²) in [6.45, 7) is -1.24. The van der Waals surface area contributed by atoms with Crippen molar-refractivity contribution in [1.82, 2.24) is 4.90 Å². The smallest absolute Gasteiger partial charge is 0.399 e. The summed E-state index contributed by atoms with van der Waals surface area (Å²) in [5.41, 5.74) is 8.10. The number of nitrogens with zero attached hydrogens (tertiary/aromatic N) is 1. The molecule has 1 aromatic carbocycles. The molecule has 0 unspecified atom stereocenters. The maximum absolute atomic E-state index is 11.9. The fourth-order valence-corrected chi connectivity index (χ4v) is 1.94.